The predicted octanol–water partition coefficient (Wildman–Crippen LogP) is 6.67. The fourth-order valence-electron chi connectivity index (χ4n) is 9.29. The first-order chi connectivity index (χ1) is 16.4. The van der Waals surface area contributed by atoms with Crippen LogP contribution in [0.1, 0.15) is 99.8 Å². The number of carbonyl (C=O) groups is 2. The van der Waals surface area contributed by atoms with E-state index in [1.165, 1.54) is 32.1 Å². The molecule has 0 heterocycles. The highest BCUT2D eigenvalue weighted by atomic mass is 16.5. The van der Waals surface area contributed by atoms with Crippen LogP contribution in [-0.4, -0.2) is 29.1 Å². The van der Waals surface area contributed by atoms with E-state index >= 15 is 0 Å². The molecule has 3 fully saturated rings. The third-order valence-electron chi connectivity index (χ3n) is 11.1. The molecule has 0 bridgehead atoms. The molecule has 0 aromatic rings. The fraction of sp³-hybridized carbons (Fsp3) is 0.806. The lowest BCUT2D eigenvalue weighted by Crippen LogP contribution is -2.51. The fourth-order valence-corrected chi connectivity index (χ4v) is 9.29. The van der Waals surface area contributed by atoms with Gasteiger partial charge in [0.05, 0.1) is 6.61 Å². The number of allylic oxidation sites excluding steroid dienone is 3. The monoisotopic (exact) mass is 484 g/mol. The SMILES string of the molecule is CC=C(CCC(C)C1CCC2C3CC=C4C(O)(C(=O)OCC)C(=O)CC4(C)C3CCC12C)C(C)C. The number of Topliss-reactive ketones (excluding diaryl/α,β-unsaturated/α-hetero) is 1. The standard InChI is InChI=1S/C31H48O4/c1-8-21(19(3)4)11-10-20(5)23-13-14-24-22-12-15-26-30(7,25(22)16-17-29(23,24)6)18-27(32)31(26,34)28(33)35-9-2/h8,15,19-20,22-25,34H,9-14,16-18H2,1-7H3. The summed E-state index contributed by atoms with van der Waals surface area (Å²) < 4.78 is 5.16. The maximum atomic E-state index is 13.1. The summed E-state index contributed by atoms with van der Waals surface area (Å²) in [5, 5.41) is 11.3. The smallest absolute Gasteiger partial charge is 0.350 e. The molecule has 4 aliphatic rings. The lowest BCUT2D eigenvalue weighted by molar-refractivity contribution is -0.164. The van der Waals surface area contributed by atoms with Crippen LogP contribution in [0.4, 0.5) is 0 Å². The summed E-state index contributed by atoms with van der Waals surface area (Å²) in [5.41, 5.74) is 0.0392. The van der Waals surface area contributed by atoms with Gasteiger partial charge in [-0.05, 0) is 105 Å². The predicted molar refractivity (Wildman–Crippen MR) is 140 cm³/mol. The van der Waals surface area contributed by atoms with Gasteiger partial charge in [0.25, 0.3) is 0 Å². The topological polar surface area (TPSA) is 63.6 Å². The maximum Gasteiger partial charge on any atom is 0.350 e. The molecular weight excluding hydrogens is 436 g/mol. The molecule has 8 atom stereocenters. The number of aliphatic hydroxyl groups is 1. The first-order valence-electron chi connectivity index (χ1n) is 14.2. The molecular formula is C31H48O4. The second kappa shape index (κ2) is 9.47. The molecule has 0 aromatic carbocycles. The van der Waals surface area contributed by atoms with E-state index in [0.717, 1.165) is 18.8 Å². The lowest BCUT2D eigenvalue weighted by atomic mass is 9.48. The van der Waals surface area contributed by atoms with Gasteiger partial charge in [-0.1, -0.05) is 52.3 Å². The highest BCUT2D eigenvalue weighted by molar-refractivity contribution is 6.13. The van der Waals surface area contributed by atoms with Crippen molar-refractivity contribution in [3.8, 4) is 0 Å². The minimum absolute atomic E-state index is 0.164. The van der Waals surface area contributed by atoms with Gasteiger partial charge in [0, 0.05) is 11.8 Å². The Hall–Kier alpha value is -1.42. The van der Waals surface area contributed by atoms with Gasteiger partial charge in [-0.2, -0.15) is 0 Å². The summed E-state index contributed by atoms with van der Waals surface area (Å²) in [6.07, 6.45) is 12.8. The van der Waals surface area contributed by atoms with Crippen molar-refractivity contribution in [3.63, 3.8) is 0 Å². The molecule has 0 amide bonds. The van der Waals surface area contributed by atoms with E-state index in [2.05, 4.69) is 53.7 Å². The van der Waals surface area contributed by atoms with Crippen molar-refractivity contribution in [2.45, 2.75) is 105 Å². The van der Waals surface area contributed by atoms with E-state index in [4.69, 9.17) is 4.74 Å². The van der Waals surface area contributed by atoms with Crippen molar-refractivity contribution < 1.29 is 19.4 Å². The molecule has 0 spiro atoms. The summed E-state index contributed by atoms with van der Waals surface area (Å²) in [7, 11) is 0. The van der Waals surface area contributed by atoms with Crippen LogP contribution in [0.15, 0.2) is 23.3 Å². The summed E-state index contributed by atoms with van der Waals surface area (Å²) in [6, 6.07) is 0. The van der Waals surface area contributed by atoms with Gasteiger partial charge in [0.2, 0.25) is 5.60 Å². The van der Waals surface area contributed by atoms with E-state index in [1.807, 2.05) is 0 Å². The van der Waals surface area contributed by atoms with Crippen LogP contribution in [0.3, 0.4) is 0 Å². The molecule has 196 valence electrons. The Morgan fingerprint density at radius 3 is 2.54 bits per heavy atom. The van der Waals surface area contributed by atoms with Gasteiger partial charge in [-0.3, -0.25) is 4.79 Å². The lowest BCUT2D eigenvalue weighted by Gasteiger charge is -2.56. The third-order valence-corrected chi connectivity index (χ3v) is 11.1. The molecule has 8 unspecified atom stereocenters. The minimum Gasteiger partial charge on any atom is -0.463 e. The highest BCUT2D eigenvalue weighted by Gasteiger charge is 2.67. The number of rotatable bonds is 7. The molecule has 4 rings (SSSR count). The molecule has 4 heteroatoms. The van der Waals surface area contributed by atoms with Crippen molar-refractivity contribution in [1.82, 2.24) is 0 Å². The van der Waals surface area contributed by atoms with Crippen molar-refractivity contribution in [2.24, 2.45) is 46.3 Å². The van der Waals surface area contributed by atoms with Gasteiger partial charge in [0.1, 0.15) is 0 Å². The first kappa shape index (κ1) is 26.6. The number of fused-ring (bicyclic) bond motifs is 5. The van der Waals surface area contributed by atoms with Gasteiger partial charge in [0.15, 0.2) is 5.78 Å². The van der Waals surface area contributed by atoms with Crippen LogP contribution >= 0.6 is 0 Å². The highest BCUT2D eigenvalue weighted by Crippen LogP contribution is 2.68. The van der Waals surface area contributed by atoms with Crippen LogP contribution in [0.5, 0.6) is 0 Å². The van der Waals surface area contributed by atoms with E-state index in [1.54, 1.807) is 12.5 Å². The summed E-state index contributed by atoms with van der Waals surface area (Å²) in [4.78, 5) is 25.8. The molecule has 1 N–H and O–H groups in total. The number of carbonyl (C=O) groups excluding carboxylic acids is 2. The summed E-state index contributed by atoms with van der Waals surface area (Å²) >= 11 is 0. The van der Waals surface area contributed by atoms with Crippen molar-refractivity contribution in [2.75, 3.05) is 6.61 Å². The molecule has 35 heavy (non-hydrogen) atoms. The van der Waals surface area contributed by atoms with Crippen LogP contribution in [0, 0.1) is 46.3 Å². The number of hydrogen-bond donors (Lipinski definition) is 1. The first-order valence-corrected chi connectivity index (χ1v) is 14.2. The molecule has 0 saturated heterocycles. The van der Waals surface area contributed by atoms with Crippen molar-refractivity contribution >= 4 is 11.8 Å². The van der Waals surface area contributed by atoms with Gasteiger partial charge >= 0.3 is 5.97 Å². The van der Waals surface area contributed by atoms with E-state index < -0.39 is 17.0 Å². The van der Waals surface area contributed by atoms with Crippen molar-refractivity contribution in [3.05, 3.63) is 23.3 Å². The van der Waals surface area contributed by atoms with Crippen LogP contribution < -0.4 is 0 Å². The summed E-state index contributed by atoms with van der Waals surface area (Å²) in [6.45, 7) is 15.8. The number of ether oxygens (including phenoxy) is 1. The van der Waals surface area contributed by atoms with Crippen molar-refractivity contribution in [1.29, 1.82) is 0 Å². The molecule has 4 aliphatic carbocycles. The molecule has 0 aliphatic heterocycles. The zero-order chi connectivity index (χ0) is 25.8. The Labute approximate surface area is 213 Å². The van der Waals surface area contributed by atoms with Crippen LogP contribution in [0.2, 0.25) is 0 Å². The summed E-state index contributed by atoms with van der Waals surface area (Å²) in [5.74, 6) is 2.46. The zero-order valence-corrected chi connectivity index (χ0v) is 23.2. The molecule has 3 saturated carbocycles. The number of esters is 1. The van der Waals surface area contributed by atoms with Crippen LogP contribution in [-0.2, 0) is 14.3 Å². The second-order valence-electron chi connectivity index (χ2n) is 12.9. The van der Waals surface area contributed by atoms with Gasteiger partial charge in [-0.15, -0.1) is 0 Å². The van der Waals surface area contributed by atoms with Gasteiger partial charge in [-0.25, -0.2) is 4.79 Å². The Morgan fingerprint density at radius 2 is 1.91 bits per heavy atom. The average Bonchev–Trinajstić information content (AvgIpc) is 3.25. The average molecular weight is 485 g/mol. The zero-order valence-electron chi connectivity index (χ0n) is 23.2. The molecule has 0 radical (unpaired) electrons. The third kappa shape index (κ3) is 3.97. The van der Waals surface area contributed by atoms with Crippen LogP contribution in [0.25, 0.3) is 0 Å². The minimum atomic E-state index is -2.08. The number of ketones is 1. The van der Waals surface area contributed by atoms with E-state index in [0.29, 0.717) is 40.6 Å². The number of hydrogen-bond acceptors (Lipinski definition) is 4. The Morgan fingerprint density at radius 1 is 1.20 bits per heavy atom. The molecule has 4 nitrogen and oxygen atoms in total. The Bertz CT molecular complexity index is 915. The largest absolute Gasteiger partial charge is 0.463 e. The van der Waals surface area contributed by atoms with Gasteiger partial charge < -0.3 is 9.84 Å². The molecule has 0 aromatic heterocycles. The Kier molecular flexibility index (Phi) is 7.21. The normalized spacial score (nSPS) is 41.8. The van der Waals surface area contributed by atoms with E-state index in [-0.39, 0.29) is 18.8 Å². The maximum absolute atomic E-state index is 13.1. The van der Waals surface area contributed by atoms with E-state index in [9.17, 15) is 14.7 Å². The quantitative estimate of drug-likeness (QED) is 0.249. The Balaban J connectivity index is 1.55. The second-order valence-corrected chi connectivity index (χ2v) is 12.9.